The highest BCUT2D eigenvalue weighted by Gasteiger charge is 2.50. The van der Waals surface area contributed by atoms with E-state index in [2.05, 4.69) is 5.32 Å². The molecule has 0 aromatic carbocycles. The zero-order valence-corrected chi connectivity index (χ0v) is 8.00. The fourth-order valence-corrected chi connectivity index (χ4v) is 2.37. The smallest absolute Gasteiger partial charge is 0.0647 e. The van der Waals surface area contributed by atoms with Gasteiger partial charge in [0.1, 0.15) is 0 Å². The minimum Gasteiger partial charge on any atom is -0.396 e. The lowest BCUT2D eigenvalue weighted by atomic mass is 9.83. The Hall–Kier alpha value is -0.120. The molecule has 0 unspecified atom stereocenters. The molecule has 2 fully saturated rings. The van der Waals surface area contributed by atoms with Crippen LogP contribution >= 0.6 is 0 Å². The number of aliphatic hydroxyl groups excluding tert-OH is 2. The highest BCUT2D eigenvalue weighted by molar-refractivity contribution is 5.01. The molecule has 2 rings (SSSR count). The second-order valence-electron chi connectivity index (χ2n) is 4.55. The molecule has 0 spiro atoms. The summed E-state index contributed by atoms with van der Waals surface area (Å²) in [6.07, 6.45) is 3.87. The summed E-state index contributed by atoms with van der Waals surface area (Å²) in [5.74, 6) is 0.413. The molecule has 0 bridgehead atoms. The predicted octanol–water partition coefficient (Wildman–Crippen LogP) is 0.119. The molecule has 0 radical (unpaired) electrons. The van der Waals surface area contributed by atoms with Crippen molar-refractivity contribution in [3.8, 4) is 0 Å². The number of piperidine rings is 1. The Kier molecular flexibility index (Phi) is 2.58. The normalized spacial score (nSPS) is 30.0. The second kappa shape index (κ2) is 3.56. The van der Waals surface area contributed by atoms with Crippen LogP contribution in [0.3, 0.4) is 0 Å². The van der Waals surface area contributed by atoms with E-state index in [1.807, 2.05) is 0 Å². The molecular weight excluding hydrogens is 166 g/mol. The average Bonchev–Trinajstić information content (AvgIpc) is 2.99. The Morgan fingerprint density at radius 1 is 1.31 bits per heavy atom. The van der Waals surface area contributed by atoms with Crippen LogP contribution in [0.2, 0.25) is 0 Å². The molecule has 3 N–H and O–H groups in total. The maximum atomic E-state index is 10.1. The molecule has 1 aliphatic heterocycles. The fraction of sp³-hybridized carbons (Fsp3) is 1.00. The summed E-state index contributed by atoms with van der Waals surface area (Å²) in [4.78, 5) is 0. The van der Waals surface area contributed by atoms with E-state index < -0.39 is 0 Å². The van der Waals surface area contributed by atoms with Crippen LogP contribution in [0, 0.1) is 11.3 Å². The predicted molar refractivity (Wildman–Crippen MR) is 50.4 cm³/mol. The number of hydrogen-bond donors (Lipinski definition) is 3. The Morgan fingerprint density at radius 2 is 1.92 bits per heavy atom. The van der Waals surface area contributed by atoms with Crippen LogP contribution in [0.1, 0.15) is 25.7 Å². The van der Waals surface area contributed by atoms with E-state index in [0.717, 1.165) is 38.8 Å². The van der Waals surface area contributed by atoms with Gasteiger partial charge in [-0.05, 0) is 44.7 Å². The molecule has 0 amide bonds. The molecule has 76 valence electrons. The summed E-state index contributed by atoms with van der Waals surface area (Å²) >= 11 is 0. The lowest BCUT2D eigenvalue weighted by molar-refractivity contribution is -0.00233. The van der Waals surface area contributed by atoms with E-state index in [4.69, 9.17) is 0 Å². The first-order valence-electron chi connectivity index (χ1n) is 5.28. The standard InChI is InChI=1S/C10H19NO2/c12-7-10(3-4-10)9(13)8-1-5-11-6-2-8/h8-9,11-13H,1-7H2/t9-/m1/s1. The lowest BCUT2D eigenvalue weighted by Crippen LogP contribution is -2.39. The maximum Gasteiger partial charge on any atom is 0.0647 e. The Labute approximate surface area is 79.2 Å². The van der Waals surface area contributed by atoms with Crippen molar-refractivity contribution < 1.29 is 10.2 Å². The minimum absolute atomic E-state index is 0.109. The van der Waals surface area contributed by atoms with E-state index in [1.54, 1.807) is 0 Å². The first-order chi connectivity index (χ1) is 6.28. The summed E-state index contributed by atoms with van der Waals surface area (Å²) in [6.45, 7) is 2.20. The molecule has 1 aliphatic carbocycles. The monoisotopic (exact) mass is 185 g/mol. The second-order valence-corrected chi connectivity index (χ2v) is 4.55. The molecular formula is C10H19NO2. The van der Waals surface area contributed by atoms with Crippen molar-refractivity contribution >= 4 is 0 Å². The van der Waals surface area contributed by atoms with Gasteiger partial charge in [-0.25, -0.2) is 0 Å². The summed E-state index contributed by atoms with van der Waals surface area (Å²) in [6, 6.07) is 0. The SMILES string of the molecule is OCC1([C@H](O)C2CCNCC2)CC1. The van der Waals surface area contributed by atoms with Crippen LogP contribution in [-0.4, -0.2) is 36.0 Å². The van der Waals surface area contributed by atoms with Crippen molar-refractivity contribution in [3.63, 3.8) is 0 Å². The van der Waals surface area contributed by atoms with Crippen molar-refractivity contribution in [1.29, 1.82) is 0 Å². The third-order valence-electron chi connectivity index (χ3n) is 3.66. The van der Waals surface area contributed by atoms with Crippen LogP contribution in [0.15, 0.2) is 0 Å². The van der Waals surface area contributed by atoms with Crippen molar-refractivity contribution in [2.24, 2.45) is 11.3 Å². The van der Waals surface area contributed by atoms with Crippen LogP contribution < -0.4 is 5.32 Å². The third kappa shape index (κ3) is 1.73. The van der Waals surface area contributed by atoms with Crippen LogP contribution in [0.5, 0.6) is 0 Å². The Bertz CT molecular complexity index is 174. The molecule has 1 saturated carbocycles. The van der Waals surface area contributed by atoms with Crippen molar-refractivity contribution in [2.75, 3.05) is 19.7 Å². The molecule has 0 aromatic heterocycles. The van der Waals surface area contributed by atoms with Gasteiger partial charge in [0.15, 0.2) is 0 Å². The molecule has 3 heteroatoms. The molecule has 13 heavy (non-hydrogen) atoms. The first kappa shape index (κ1) is 9.44. The first-order valence-corrected chi connectivity index (χ1v) is 5.28. The number of hydrogen-bond acceptors (Lipinski definition) is 3. The van der Waals surface area contributed by atoms with Gasteiger partial charge in [-0.2, -0.15) is 0 Å². The van der Waals surface area contributed by atoms with E-state index in [1.165, 1.54) is 0 Å². The van der Waals surface area contributed by atoms with Gasteiger partial charge in [-0.1, -0.05) is 0 Å². The van der Waals surface area contributed by atoms with Crippen LogP contribution in [0.25, 0.3) is 0 Å². The summed E-state index contributed by atoms with van der Waals surface area (Å²) in [5, 5.41) is 22.5. The Balaban J connectivity index is 1.91. The van der Waals surface area contributed by atoms with Crippen LogP contribution in [0.4, 0.5) is 0 Å². The molecule has 2 aliphatic rings. The van der Waals surface area contributed by atoms with Gasteiger partial charge < -0.3 is 15.5 Å². The molecule has 3 nitrogen and oxygen atoms in total. The summed E-state index contributed by atoms with van der Waals surface area (Å²) in [7, 11) is 0. The Morgan fingerprint density at radius 3 is 2.38 bits per heavy atom. The number of nitrogens with one attached hydrogen (secondary N) is 1. The highest BCUT2D eigenvalue weighted by Crippen LogP contribution is 2.51. The average molecular weight is 185 g/mol. The molecule has 0 aromatic rings. The van der Waals surface area contributed by atoms with E-state index in [9.17, 15) is 10.2 Å². The van der Waals surface area contributed by atoms with Crippen molar-refractivity contribution in [2.45, 2.75) is 31.8 Å². The van der Waals surface area contributed by atoms with E-state index >= 15 is 0 Å². The molecule has 1 heterocycles. The van der Waals surface area contributed by atoms with Gasteiger partial charge in [-0.3, -0.25) is 0 Å². The van der Waals surface area contributed by atoms with E-state index in [-0.39, 0.29) is 18.1 Å². The maximum absolute atomic E-state index is 10.1. The number of aliphatic hydroxyl groups is 2. The number of rotatable bonds is 3. The zero-order valence-electron chi connectivity index (χ0n) is 8.00. The summed E-state index contributed by atoms with van der Waals surface area (Å²) in [5.41, 5.74) is -0.109. The van der Waals surface area contributed by atoms with Crippen molar-refractivity contribution in [3.05, 3.63) is 0 Å². The van der Waals surface area contributed by atoms with Gasteiger partial charge in [-0.15, -0.1) is 0 Å². The quantitative estimate of drug-likeness (QED) is 0.585. The zero-order chi connectivity index (χ0) is 9.31. The van der Waals surface area contributed by atoms with Gasteiger partial charge in [0, 0.05) is 5.41 Å². The fourth-order valence-electron chi connectivity index (χ4n) is 2.37. The van der Waals surface area contributed by atoms with Gasteiger partial charge in [0.05, 0.1) is 12.7 Å². The molecule has 1 saturated heterocycles. The largest absolute Gasteiger partial charge is 0.396 e. The lowest BCUT2D eigenvalue weighted by Gasteiger charge is -2.31. The van der Waals surface area contributed by atoms with Crippen LogP contribution in [-0.2, 0) is 0 Å². The topological polar surface area (TPSA) is 52.5 Å². The summed E-state index contributed by atoms with van der Waals surface area (Å²) < 4.78 is 0. The van der Waals surface area contributed by atoms with Gasteiger partial charge in [0.2, 0.25) is 0 Å². The van der Waals surface area contributed by atoms with Crippen molar-refractivity contribution in [1.82, 2.24) is 5.32 Å². The van der Waals surface area contributed by atoms with Gasteiger partial charge >= 0.3 is 0 Å². The minimum atomic E-state index is -0.264. The van der Waals surface area contributed by atoms with E-state index in [0.29, 0.717) is 5.92 Å². The third-order valence-corrected chi connectivity index (χ3v) is 3.66. The highest BCUT2D eigenvalue weighted by atomic mass is 16.3. The molecule has 1 atom stereocenters. The van der Waals surface area contributed by atoms with Gasteiger partial charge in [0.25, 0.3) is 0 Å².